The van der Waals surface area contributed by atoms with Crippen LogP contribution >= 0.6 is 34.8 Å². The summed E-state index contributed by atoms with van der Waals surface area (Å²) in [5, 5.41) is 14.2. The van der Waals surface area contributed by atoms with E-state index in [0.29, 0.717) is 15.1 Å². The Labute approximate surface area is 129 Å². The molecule has 3 aromatic heterocycles. The maximum atomic E-state index is 5.96. The van der Waals surface area contributed by atoms with Crippen LogP contribution in [0.5, 0.6) is 0 Å². The Morgan fingerprint density at radius 2 is 1.05 bits per heavy atom. The van der Waals surface area contributed by atoms with E-state index < -0.39 is 5.79 Å². The van der Waals surface area contributed by atoms with Gasteiger partial charge in [0, 0.05) is 25.5 Å². The van der Waals surface area contributed by atoms with Gasteiger partial charge in [0.1, 0.15) is 0 Å². The van der Waals surface area contributed by atoms with E-state index in [1.807, 2.05) is 6.92 Å². The van der Waals surface area contributed by atoms with Crippen molar-refractivity contribution in [2.75, 3.05) is 0 Å². The van der Waals surface area contributed by atoms with E-state index in [0.717, 1.165) is 0 Å². The predicted octanol–water partition coefficient (Wildman–Crippen LogP) is 2.96. The van der Waals surface area contributed by atoms with E-state index in [4.69, 9.17) is 34.8 Å². The van der Waals surface area contributed by atoms with E-state index in [1.165, 1.54) is 18.6 Å². The Hall–Kier alpha value is -1.50. The quantitative estimate of drug-likeness (QED) is 0.741. The van der Waals surface area contributed by atoms with Crippen molar-refractivity contribution in [2.24, 2.45) is 0 Å². The zero-order valence-electron chi connectivity index (χ0n) is 10.3. The van der Waals surface area contributed by atoms with Crippen LogP contribution in [0.1, 0.15) is 6.92 Å². The highest BCUT2D eigenvalue weighted by Crippen LogP contribution is 2.24. The summed E-state index contributed by atoms with van der Waals surface area (Å²) in [6.45, 7) is 1.86. The Kier molecular flexibility index (Phi) is 3.24. The first-order chi connectivity index (χ1) is 9.50. The van der Waals surface area contributed by atoms with Crippen molar-refractivity contribution < 1.29 is 0 Å². The molecule has 0 N–H and O–H groups in total. The monoisotopic (exact) mass is 330 g/mol. The number of rotatable bonds is 3. The van der Waals surface area contributed by atoms with Crippen LogP contribution in [0.3, 0.4) is 0 Å². The molecule has 3 aromatic rings. The van der Waals surface area contributed by atoms with Crippen molar-refractivity contribution in [1.82, 2.24) is 29.3 Å². The Morgan fingerprint density at radius 1 is 0.750 bits per heavy atom. The fourth-order valence-corrected chi connectivity index (χ4v) is 2.32. The van der Waals surface area contributed by atoms with Crippen LogP contribution in [0, 0.1) is 0 Å². The predicted molar refractivity (Wildman–Crippen MR) is 76.2 cm³/mol. The van der Waals surface area contributed by atoms with Crippen LogP contribution in [0.4, 0.5) is 0 Å². The molecule has 0 aromatic carbocycles. The van der Waals surface area contributed by atoms with Crippen LogP contribution in [0.15, 0.2) is 37.2 Å². The van der Waals surface area contributed by atoms with Crippen LogP contribution in [-0.4, -0.2) is 29.3 Å². The molecule has 3 heterocycles. The average Bonchev–Trinajstić information content (AvgIpc) is 3.10. The Bertz CT molecular complexity index is 644. The Morgan fingerprint density at radius 3 is 1.25 bits per heavy atom. The van der Waals surface area contributed by atoms with Gasteiger partial charge in [-0.15, -0.1) is 0 Å². The lowest BCUT2D eigenvalue weighted by molar-refractivity contribution is 0.141. The van der Waals surface area contributed by atoms with Gasteiger partial charge in [0.2, 0.25) is 5.79 Å². The molecule has 0 fully saturated rings. The van der Waals surface area contributed by atoms with E-state index in [-0.39, 0.29) is 0 Å². The molecule has 0 amide bonds. The highest BCUT2D eigenvalue weighted by molar-refractivity contribution is 6.30. The average molecular weight is 332 g/mol. The van der Waals surface area contributed by atoms with Gasteiger partial charge in [0.25, 0.3) is 0 Å². The number of hydrogen-bond acceptors (Lipinski definition) is 3. The highest BCUT2D eigenvalue weighted by Gasteiger charge is 2.33. The van der Waals surface area contributed by atoms with E-state index in [2.05, 4.69) is 15.3 Å². The summed E-state index contributed by atoms with van der Waals surface area (Å²) in [7, 11) is 0. The second-order valence-corrected chi connectivity index (χ2v) is 5.59. The maximum Gasteiger partial charge on any atom is 0.246 e. The zero-order valence-corrected chi connectivity index (χ0v) is 12.5. The molecule has 0 spiro atoms. The molecule has 0 aliphatic carbocycles. The van der Waals surface area contributed by atoms with E-state index in [1.54, 1.807) is 32.6 Å². The molecule has 0 unspecified atom stereocenters. The van der Waals surface area contributed by atoms with Gasteiger partial charge in [0.05, 0.1) is 33.7 Å². The highest BCUT2D eigenvalue weighted by atomic mass is 35.5. The largest absolute Gasteiger partial charge is 0.246 e. The summed E-state index contributed by atoms with van der Waals surface area (Å²) < 4.78 is 4.88. The number of hydrogen-bond donors (Lipinski definition) is 0. The number of nitrogens with zero attached hydrogens (tertiary/aromatic N) is 6. The first-order valence-corrected chi connectivity index (χ1v) is 6.75. The molecule has 20 heavy (non-hydrogen) atoms. The molecule has 9 heteroatoms. The van der Waals surface area contributed by atoms with Crippen molar-refractivity contribution in [1.29, 1.82) is 0 Å². The molecule has 0 aliphatic rings. The molecule has 3 rings (SSSR count). The third kappa shape index (κ3) is 2.09. The number of aromatic nitrogens is 6. The molecule has 0 radical (unpaired) electrons. The normalized spacial score (nSPS) is 12.0. The third-order valence-corrected chi connectivity index (χ3v) is 3.54. The van der Waals surface area contributed by atoms with Crippen molar-refractivity contribution in [3.05, 3.63) is 52.2 Å². The van der Waals surface area contributed by atoms with Crippen LogP contribution < -0.4 is 0 Å². The van der Waals surface area contributed by atoms with Crippen molar-refractivity contribution in [2.45, 2.75) is 12.7 Å². The summed E-state index contributed by atoms with van der Waals surface area (Å²) in [5.41, 5.74) is 0. The number of halogens is 3. The van der Waals surface area contributed by atoms with Gasteiger partial charge in [-0.3, -0.25) is 0 Å². The summed E-state index contributed by atoms with van der Waals surface area (Å²) in [4.78, 5) is 0. The molecule has 0 atom stereocenters. The lowest BCUT2D eigenvalue weighted by Gasteiger charge is -2.30. The van der Waals surface area contributed by atoms with Gasteiger partial charge >= 0.3 is 0 Å². The summed E-state index contributed by atoms with van der Waals surface area (Å²) in [5.74, 6) is -0.895. The molecule has 0 aliphatic heterocycles. The van der Waals surface area contributed by atoms with Crippen molar-refractivity contribution in [3.8, 4) is 0 Å². The minimum atomic E-state index is -0.895. The molecule has 0 saturated heterocycles. The molecule has 0 saturated carbocycles. The smallest absolute Gasteiger partial charge is 0.223 e. The molecule has 0 bridgehead atoms. The van der Waals surface area contributed by atoms with Gasteiger partial charge in [-0.1, -0.05) is 34.8 Å². The minimum Gasteiger partial charge on any atom is -0.223 e. The first-order valence-electron chi connectivity index (χ1n) is 5.62. The van der Waals surface area contributed by atoms with Gasteiger partial charge in [0.15, 0.2) is 0 Å². The SMILES string of the molecule is CC(n1cc(Cl)cn1)(n1cc(Cl)cn1)n1cc(Cl)cn1. The second-order valence-electron chi connectivity index (χ2n) is 4.28. The Balaban J connectivity index is 2.22. The fraction of sp³-hybridized carbons (Fsp3) is 0.182. The van der Waals surface area contributed by atoms with E-state index >= 15 is 0 Å². The lowest BCUT2D eigenvalue weighted by Crippen LogP contribution is -2.46. The van der Waals surface area contributed by atoms with Gasteiger partial charge < -0.3 is 0 Å². The second kappa shape index (κ2) is 4.80. The summed E-state index contributed by atoms with van der Waals surface area (Å²) >= 11 is 17.9. The van der Waals surface area contributed by atoms with Gasteiger partial charge in [-0.25, -0.2) is 14.0 Å². The topological polar surface area (TPSA) is 53.5 Å². The lowest BCUT2D eigenvalue weighted by atomic mass is 10.4. The third-order valence-electron chi connectivity index (χ3n) is 2.96. The van der Waals surface area contributed by atoms with Crippen LogP contribution in [0.2, 0.25) is 15.1 Å². The van der Waals surface area contributed by atoms with Gasteiger partial charge in [-0.2, -0.15) is 15.3 Å². The molecule has 104 valence electrons. The molecular formula is C11H9Cl3N6. The zero-order chi connectivity index (χ0) is 14.3. The summed E-state index contributed by atoms with van der Waals surface area (Å²) in [6.07, 6.45) is 9.63. The standard InChI is InChI=1S/C11H9Cl3N6/c1-11(18-5-8(12)2-15-18,19-6-9(13)3-16-19)20-7-10(14)4-17-20/h2-7H,1H3. The van der Waals surface area contributed by atoms with Crippen molar-refractivity contribution in [3.63, 3.8) is 0 Å². The molecule has 6 nitrogen and oxygen atoms in total. The van der Waals surface area contributed by atoms with E-state index in [9.17, 15) is 0 Å². The van der Waals surface area contributed by atoms with Crippen LogP contribution in [0.25, 0.3) is 0 Å². The fourth-order valence-electron chi connectivity index (χ4n) is 1.91. The van der Waals surface area contributed by atoms with Gasteiger partial charge in [-0.05, 0) is 0 Å². The summed E-state index contributed by atoms with van der Waals surface area (Å²) in [6, 6.07) is 0. The molecular weight excluding hydrogens is 323 g/mol. The van der Waals surface area contributed by atoms with Crippen LogP contribution in [-0.2, 0) is 5.79 Å². The maximum absolute atomic E-state index is 5.96. The minimum absolute atomic E-state index is 0.507. The first kappa shape index (κ1) is 13.5. The van der Waals surface area contributed by atoms with Crippen molar-refractivity contribution >= 4 is 34.8 Å².